The van der Waals surface area contributed by atoms with Crippen molar-refractivity contribution in [1.82, 2.24) is 4.98 Å². The summed E-state index contributed by atoms with van der Waals surface area (Å²) in [6.45, 7) is 0. The first-order valence-corrected chi connectivity index (χ1v) is 5.77. The molecule has 0 fully saturated rings. The van der Waals surface area contributed by atoms with Gasteiger partial charge in [-0.25, -0.2) is 13.8 Å². The number of para-hydroxylation sites is 1. The lowest BCUT2D eigenvalue weighted by Gasteiger charge is -2.09. The maximum absolute atomic E-state index is 13.4. The molecule has 1 heterocycles. The van der Waals surface area contributed by atoms with Crippen LogP contribution in [0, 0.1) is 11.6 Å². The summed E-state index contributed by atoms with van der Waals surface area (Å²) in [5, 5.41) is 3.00. The molecule has 2 nitrogen and oxygen atoms in total. The summed E-state index contributed by atoms with van der Waals surface area (Å²) in [7, 11) is 0. The van der Waals surface area contributed by atoms with Gasteiger partial charge in [-0.1, -0.05) is 17.7 Å². The molecule has 17 heavy (non-hydrogen) atoms. The molecule has 0 aliphatic rings. The lowest BCUT2D eigenvalue weighted by atomic mass is 10.3. The van der Waals surface area contributed by atoms with Gasteiger partial charge in [0.2, 0.25) is 0 Å². The van der Waals surface area contributed by atoms with Gasteiger partial charge in [0.25, 0.3) is 0 Å². The van der Waals surface area contributed by atoms with Gasteiger partial charge in [-0.05, 0) is 34.1 Å². The minimum atomic E-state index is -0.686. The van der Waals surface area contributed by atoms with E-state index in [1.165, 1.54) is 12.3 Å². The van der Waals surface area contributed by atoms with Crippen LogP contribution < -0.4 is 5.32 Å². The molecule has 0 atom stereocenters. The van der Waals surface area contributed by atoms with E-state index in [4.69, 9.17) is 11.6 Å². The molecule has 0 amide bonds. The first-order chi connectivity index (χ1) is 8.08. The maximum atomic E-state index is 13.4. The van der Waals surface area contributed by atoms with E-state index in [2.05, 4.69) is 26.2 Å². The fourth-order valence-electron chi connectivity index (χ4n) is 1.24. The zero-order valence-electron chi connectivity index (χ0n) is 8.35. The number of hydrogen-bond donors (Lipinski definition) is 1. The molecule has 1 N–H and O–H groups in total. The van der Waals surface area contributed by atoms with Crippen LogP contribution in [0.15, 0.2) is 34.9 Å². The minimum Gasteiger partial charge on any atom is -0.334 e. The largest absolute Gasteiger partial charge is 0.334 e. The Kier molecular flexibility index (Phi) is 3.59. The summed E-state index contributed by atoms with van der Waals surface area (Å²) >= 11 is 8.91. The fraction of sp³-hybridized carbons (Fsp3) is 0. The van der Waals surface area contributed by atoms with Gasteiger partial charge < -0.3 is 5.32 Å². The average molecular weight is 320 g/mol. The summed E-state index contributed by atoms with van der Waals surface area (Å²) in [6.07, 6.45) is 1.38. The first kappa shape index (κ1) is 12.3. The van der Waals surface area contributed by atoms with E-state index in [0.29, 0.717) is 15.3 Å². The number of halogens is 4. The summed E-state index contributed by atoms with van der Waals surface area (Å²) in [4.78, 5) is 3.93. The van der Waals surface area contributed by atoms with E-state index < -0.39 is 11.6 Å². The molecule has 0 radical (unpaired) electrons. The lowest BCUT2D eigenvalue weighted by molar-refractivity contribution is 0.590. The Hall–Kier alpha value is -1.20. The van der Waals surface area contributed by atoms with Crippen molar-refractivity contribution in [2.75, 3.05) is 5.32 Å². The van der Waals surface area contributed by atoms with Gasteiger partial charge in [0.05, 0.1) is 9.50 Å². The molecule has 1 aromatic heterocycles. The molecular formula is C11H6BrClF2N2. The molecule has 2 rings (SSSR count). The standard InChI is InChI=1S/C11H6BrClF2N2/c12-7-4-6(13)5-16-11(7)17-10-8(14)2-1-3-9(10)15/h1-5H,(H,16,17). The Balaban J connectivity index is 2.38. The van der Waals surface area contributed by atoms with Gasteiger partial charge in [0, 0.05) is 6.20 Å². The van der Waals surface area contributed by atoms with Crippen LogP contribution in [0.2, 0.25) is 5.02 Å². The maximum Gasteiger partial charge on any atom is 0.149 e. The SMILES string of the molecule is Fc1cccc(F)c1Nc1ncc(Cl)cc1Br. The third kappa shape index (κ3) is 2.73. The number of pyridine rings is 1. The number of nitrogens with zero attached hydrogens (tertiary/aromatic N) is 1. The van der Waals surface area contributed by atoms with E-state index >= 15 is 0 Å². The van der Waals surface area contributed by atoms with Crippen LogP contribution in [0.4, 0.5) is 20.3 Å². The molecule has 0 aliphatic heterocycles. The predicted molar refractivity (Wildman–Crippen MR) is 66.6 cm³/mol. The molecule has 0 saturated carbocycles. The normalized spacial score (nSPS) is 10.4. The van der Waals surface area contributed by atoms with Crippen LogP contribution in [0.5, 0.6) is 0 Å². The van der Waals surface area contributed by atoms with E-state index in [9.17, 15) is 8.78 Å². The smallest absolute Gasteiger partial charge is 0.149 e. The molecule has 2 aromatic rings. The third-order valence-corrected chi connectivity index (χ3v) is 2.83. The molecule has 0 saturated heterocycles. The number of hydrogen-bond acceptors (Lipinski definition) is 2. The zero-order chi connectivity index (χ0) is 12.4. The number of anilines is 2. The van der Waals surface area contributed by atoms with Gasteiger partial charge >= 0.3 is 0 Å². The van der Waals surface area contributed by atoms with Crippen molar-refractivity contribution < 1.29 is 8.78 Å². The van der Waals surface area contributed by atoms with Crippen LogP contribution in [0.25, 0.3) is 0 Å². The summed E-state index contributed by atoms with van der Waals surface area (Å²) < 4.78 is 27.3. The molecule has 1 aromatic carbocycles. The van der Waals surface area contributed by atoms with Gasteiger partial charge in [0.15, 0.2) is 0 Å². The lowest BCUT2D eigenvalue weighted by Crippen LogP contribution is -1.99. The highest BCUT2D eigenvalue weighted by Crippen LogP contribution is 2.28. The van der Waals surface area contributed by atoms with Crippen molar-refractivity contribution in [1.29, 1.82) is 0 Å². The molecule has 6 heteroatoms. The van der Waals surface area contributed by atoms with Crippen LogP contribution in [-0.2, 0) is 0 Å². The predicted octanol–water partition coefficient (Wildman–Crippen LogP) is 4.52. The summed E-state index contributed by atoms with van der Waals surface area (Å²) in [6, 6.07) is 5.19. The quantitative estimate of drug-likeness (QED) is 0.880. The molecule has 88 valence electrons. The number of aromatic nitrogens is 1. The monoisotopic (exact) mass is 318 g/mol. The molecule has 0 aliphatic carbocycles. The second-order valence-electron chi connectivity index (χ2n) is 3.21. The third-order valence-electron chi connectivity index (χ3n) is 2.01. The second kappa shape index (κ2) is 4.98. The first-order valence-electron chi connectivity index (χ1n) is 4.60. The van der Waals surface area contributed by atoms with Crippen molar-refractivity contribution in [3.8, 4) is 0 Å². The van der Waals surface area contributed by atoms with Gasteiger partial charge in [0.1, 0.15) is 23.1 Å². The van der Waals surface area contributed by atoms with Crippen LogP contribution in [-0.4, -0.2) is 4.98 Å². The Labute approximate surface area is 110 Å². The van der Waals surface area contributed by atoms with E-state index in [-0.39, 0.29) is 5.69 Å². The van der Waals surface area contributed by atoms with E-state index in [1.54, 1.807) is 6.07 Å². The molecule has 0 bridgehead atoms. The van der Waals surface area contributed by atoms with Crippen molar-refractivity contribution >= 4 is 39.0 Å². The van der Waals surface area contributed by atoms with Crippen molar-refractivity contribution in [3.05, 3.63) is 51.6 Å². The highest BCUT2D eigenvalue weighted by molar-refractivity contribution is 9.10. The average Bonchev–Trinajstić information content (AvgIpc) is 2.26. The van der Waals surface area contributed by atoms with Crippen molar-refractivity contribution in [2.45, 2.75) is 0 Å². The van der Waals surface area contributed by atoms with Crippen LogP contribution >= 0.6 is 27.5 Å². The van der Waals surface area contributed by atoms with Crippen LogP contribution in [0.1, 0.15) is 0 Å². The highest BCUT2D eigenvalue weighted by atomic mass is 79.9. The fourth-order valence-corrected chi connectivity index (χ4v) is 1.98. The molecule has 0 spiro atoms. The number of benzene rings is 1. The topological polar surface area (TPSA) is 24.9 Å². The highest BCUT2D eigenvalue weighted by Gasteiger charge is 2.11. The van der Waals surface area contributed by atoms with Gasteiger partial charge in [-0.15, -0.1) is 0 Å². The molecule has 0 unspecified atom stereocenters. The van der Waals surface area contributed by atoms with E-state index in [1.807, 2.05) is 0 Å². The van der Waals surface area contributed by atoms with Crippen molar-refractivity contribution in [2.24, 2.45) is 0 Å². The Morgan fingerprint density at radius 3 is 2.47 bits per heavy atom. The number of nitrogens with one attached hydrogen (secondary N) is 1. The van der Waals surface area contributed by atoms with Crippen molar-refractivity contribution in [3.63, 3.8) is 0 Å². The van der Waals surface area contributed by atoms with Gasteiger partial charge in [-0.2, -0.15) is 0 Å². The van der Waals surface area contributed by atoms with Gasteiger partial charge in [-0.3, -0.25) is 0 Å². The summed E-state index contributed by atoms with van der Waals surface area (Å²) in [5.74, 6) is -1.08. The Morgan fingerprint density at radius 1 is 1.24 bits per heavy atom. The number of rotatable bonds is 2. The summed E-state index contributed by atoms with van der Waals surface area (Å²) in [5.41, 5.74) is -0.247. The minimum absolute atomic E-state index is 0.247. The zero-order valence-corrected chi connectivity index (χ0v) is 10.7. The Morgan fingerprint density at radius 2 is 1.88 bits per heavy atom. The second-order valence-corrected chi connectivity index (χ2v) is 4.50. The Bertz CT molecular complexity index is 543. The van der Waals surface area contributed by atoms with Crippen LogP contribution in [0.3, 0.4) is 0 Å². The van der Waals surface area contributed by atoms with E-state index in [0.717, 1.165) is 12.1 Å². The molecular weight excluding hydrogens is 313 g/mol.